The van der Waals surface area contributed by atoms with Crippen LogP contribution < -0.4 is 5.73 Å². The van der Waals surface area contributed by atoms with Gasteiger partial charge < -0.3 is 15.0 Å². The highest BCUT2D eigenvalue weighted by Gasteiger charge is 1.97. The Morgan fingerprint density at radius 2 is 2.22 bits per heavy atom. The fraction of sp³-hybridized carbons (Fsp3) is 0.500. The van der Waals surface area contributed by atoms with E-state index in [0.29, 0.717) is 0 Å². The van der Waals surface area contributed by atoms with Gasteiger partial charge in [-0.3, -0.25) is 5.73 Å². The van der Waals surface area contributed by atoms with Gasteiger partial charge in [0.05, 0.1) is 6.20 Å². The van der Waals surface area contributed by atoms with Crippen LogP contribution in [0.3, 0.4) is 0 Å². The van der Waals surface area contributed by atoms with E-state index in [2.05, 4.69) is 0 Å². The largest absolute Gasteiger partial charge is 0.377 e. The molecular weight excluding hydrogens is 122 g/mol. The molecule has 0 amide bonds. The summed E-state index contributed by atoms with van der Waals surface area (Å²) >= 11 is 0. The standard InChI is InChI=1S/C4H9N3O2/c1-6(2)3-4(5)7(8)9/h3H,5H2,1-2H3. The Kier molecular flexibility index (Phi) is 2.50. The third kappa shape index (κ3) is 3.33. The van der Waals surface area contributed by atoms with Crippen LogP contribution in [0, 0.1) is 10.1 Å². The molecule has 52 valence electrons. The molecule has 5 heteroatoms. The molecule has 0 aromatic heterocycles. The minimum atomic E-state index is -0.639. The van der Waals surface area contributed by atoms with Crippen LogP contribution in [0.2, 0.25) is 0 Å². The van der Waals surface area contributed by atoms with Crippen molar-refractivity contribution in [3.8, 4) is 0 Å². The molecule has 0 aliphatic rings. The van der Waals surface area contributed by atoms with Crippen molar-refractivity contribution in [3.05, 3.63) is 22.1 Å². The summed E-state index contributed by atoms with van der Waals surface area (Å²) in [5.74, 6) is -0.347. The first-order chi connectivity index (χ1) is 4.04. The molecule has 0 saturated heterocycles. The lowest BCUT2D eigenvalue weighted by Crippen LogP contribution is -2.14. The quantitative estimate of drug-likeness (QED) is 0.408. The molecule has 0 bridgehead atoms. The monoisotopic (exact) mass is 131 g/mol. The molecule has 5 nitrogen and oxygen atoms in total. The average molecular weight is 131 g/mol. The highest BCUT2D eigenvalue weighted by molar-refractivity contribution is 4.82. The second-order valence-electron chi connectivity index (χ2n) is 1.77. The highest BCUT2D eigenvalue weighted by Crippen LogP contribution is 1.85. The van der Waals surface area contributed by atoms with Crippen LogP contribution in [0.15, 0.2) is 12.0 Å². The summed E-state index contributed by atoms with van der Waals surface area (Å²) < 4.78 is 0. The van der Waals surface area contributed by atoms with Crippen molar-refractivity contribution in [3.63, 3.8) is 0 Å². The van der Waals surface area contributed by atoms with Crippen molar-refractivity contribution < 1.29 is 4.92 Å². The van der Waals surface area contributed by atoms with Gasteiger partial charge in [-0.1, -0.05) is 0 Å². The average Bonchev–Trinajstić information content (AvgIpc) is 1.63. The molecule has 0 aromatic rings. The molecule has 0 rings (SSSR count). The van der Waals surface area contributed by atoms with Gasteiger partial charge >= 0.3 is 5.82 Å². The maximum absolute atomic E-state index is 9.82. The first-order valence-electron chi connectivity index (χ1n) is 2.32. The molecule has 0 aliphatic heterocycles. The van der Waals surface area contributed by atoms with E-state index in [1.54, 1.807) is 14.1 Å². The van der Waals surface area contributed by atoms with Crippen LogP contribution in [0.5, 0.6) is 0 Å². The first kappa shape index (κ1) is 7.74. The summed E-state index contributed by atoms with van der Waals surface area (Å²) in [6.45, 7) is 0. The lowest BCUT2D eigenvalue weighted by atomic mass is 10.7. The van der Waals surface area contributed by atoms with Gasteiger partial charge in [0.2, 0.25) is 0 Å². The minimum absolute atomic E-state index is 0.347. The summed E-state index contributed by atoms with van der Waals surface area (Å²) in [7, 11) is 3.33. The van der Waals surface area contributed by atoms with Gasteiger partial charge in [0.1, 0.15) is 0 Å². The number of rotatable bonds is 2. The zero-order chi connectivity index (χ0) is 7.44. The predicted molar refractivity (Wildman–Crippen MR) is 33.0 cm³/mol. The molecule has 2 N–H and O–H groups in total. The topological polar surface area (TPSA) is 72.4 Å². The van der Waals surface area contributed by atoms with E-state index in [1.165, 1.54) is 11.1 Å². The third-order valence-corrected chi connectivity index (χ3v) is 0.601. The second kappa shape index (κ2) is 2.91. The number of nitrogens with two attached hydrogens (primary N) is 1. The molecule has 0 aromatic carbocycles. The van der Waals surface area contributed by atoms with Gasteiger partial charge in [-0.05, 0) is 4.92 Å². The van der Waals surface area contributed by atoms with Crippen LogP contribution in [-0.2, 0) is 0 Å². The van der Waals surface area contributed by atoms with E-state index < -0.39 is 4.92 Å². The molecule has 0 aliphatic carbocycles. The van der Waals surface area contributed by atoms with Gasteiger partial charge in [-0.15, -0.1) is 0 Å². The van der Waals surface area contributed by atoms with Crippen molar-refractivity contribution >= 4 is 0 Å². The summed E-state index contributed by atoms with van der Waals surface area (Å²) in [5, 5.41) is 9.82. The van der Waals surface area contributed by atoms with Crippen LogP contribution in [0.1, 0.15) is 0 Å². The minimum Gasteiger partial charge on any atom is -0.377 e. The lowest BCUT2D eigenvalue weighted by Gasteiger charge is -2.02. The number of hydrogen-bond acceptors (Lipinski definition) is 4. The highest BCUT2D eigenvalue weighted by atomic mass is 16.6. The van der Waals surface area contributed by atoms with Gasteiger partial charge in [0.25, 0.3) is 0 Å². The van der Waals surface area contributed by atoms with Crippen molar-refractivity contribution in [1.82, 2.24) is 4.90 Å². The molecule has 0 fully saturated rings. The van der Waals surface area contributed by atoms with Crippen molar-refractivity contribution in [2.24, 2.45) is 5.73 Å². The maximum Gasteiger partial charge on any atom is 0.330 e. The zero-order valence-electron chi connectivity index (χ0n) is 5.37. The van der Waals surface area contributed by atoms with E-state index in [4.69, 9.17) is 5.73 Å². The predicted octanol–water partition coefficient (Wildman–Crippen LogP) is -0.418. The SMILES string of the molecule is CN(C)C=C(N)[N+](=O)[O-]. The fourth-order valence-corrected chi connectivity index (χ4v) is 0.312. The molecular formula is C4H9N3O2. The summed E-state index contributed by atoms with van der Waals surface area (Å²) in [4.78, 5) is 10.7. The van der Waals surface area contributed by atoms with Crippen molar-refractivity contribution in [2.45, 2.75) is 0 Å². The summed E-state index contributed by atoms with van der Waals surface area (Å²) in [5.41, 5.74) is 4.94. The van der Waals surface area contributed by atoms with Gasteiger partial charge in [0, 0.05) is 14.1 Å². The Labute approximate surface area is 52.9 Å². The molecule has 0 unspecified atom stereocenters. The molecule has 0 atom stereocenters. The molecule has 9 heavy (non-hydrogen) atoms. The smallest absolute Gasteiger partial charge is 0.330 e. The Morgan fingerprint density at radius 1 is 1.78 bits per heavy atom. The van der Waals surface area contributed by atoms with E-state index in [-0.39, 0.29) is 5.82 Å². The number of nitro groups is 1. The van der Waals surface area contributed by atoms with Crippen LogP contribution in [-0.4, -0.2) is 23.9 Å². The van der Waals surface area contributed by atoms with Crippen molar-refractivity contribution in [2.75, 3.05) is 14.1 Å². The number of hydrogen-bond donors (Lipinski definition) is 1. The van der Waals surface area contributed by atoms with E-state index in [9.17, 15) is 10.1 Å². The van der Waals surface area contributed by atoms with E-state index in [1.807, 2.05) is 0 Å². The maximum atomic E-state index is 9.82. The first-order valence-corrected chi connectivity index (χ1v) is 2.32. The Morgan fingerprint density at radius 3 is 2.33 bits per heavy atom. The summed E-state index contributed by atoms with van der Waals surface area (Å²) in [6, 6.07) is 0. The molecule has 0 spiro atoms. The van der Waals surface area contributed by atoms with E-state index in [0.717, 1.165) is 0 Å². The molecule has 0 heterocycles. The Bertz CT molecular complexity index is 141. The lowest BCUT2D eigenvalue weighted by molar-refractivity contribution is -0.427. The third-order valence-electron chi connectivity index (χ3n) is 0.601. The van der Waals surface area contributed by atoms with Crippen LogP contribution in [0.4, 0.5) is 0 Å². The van der Waals surface area contributed by atoms with Gasteiger partial charge in [-0.2, -0.15) is 0 Å². The van der Waals surface area contributed by atoms with Crippen LogP contribution >= 0.6 is 0 Å². The van der Waals surface area contributed by atoms with Crippen molar-refractivity contribution in [1.29, 1.82) is 0 Å². The second-order valence-corrected chi connectivity index (χ2v) is 1.77. The van der Waals surface area contributed by atoms with Gasteiger partial charge in [0.15, 0.2) is 0 Å². The Hall–Kier alpha value is -1.26. The zero-order valence-corrected chi connectivity index (χ0v) is 5.37. The summed E-state index contributed by atoms with van der Waals surface area (Å²) in [6.07, 6.45) is 1.24. The normalized spacial score (nSPS) is 11.1. The number of nitrogens with zero attached hydrogens (tertiary/aromatic N) is 2. The van der Waals surface area contributed by atoms with Crippen LogP contribution in [0.25, 0.3) is 0 Å². The Balaban J connectivity index is 4.00. The molecule has 0 saturated carbocycles. The van der Waals surface area contributed by atoms with Gasteiger partial charge in [-0.25, -0.2) is 0 Å². The molecule has 0 radical (unpaired) electrons. The van der Waals surface area contributed by atoms with E-state index >= 15 is 0 Å². The fourth-order valence-electron chi connectivity index (χ4n) is 0.312.